The Morgan fingerprint density at radius 1 is 1.40 bits per heavy atom. The van der Waals surface area contributed by atoms with E-state index in [2.05, 4.69) is 11.8 Å². The van der Waals surface area contributed by atoms with Crippen molar-refractivity contribution in [3.63, 3.8) is 0 Å². The van der Waals surface area contributed by atoms with Gasteiger partial charge in [0.25, 0.3) is 0 Å². The molecule has 1 aromatic rings. The van der Waals surface area contributed by atoms with Crippen LogP contribution in [0, 0.1) is 11.2 Å². The van der Waals surface area contributed by atoms with Crippen LogP contribution in [0.5, 0.6) is 0 Å². The molecule has 1 saturated heterocycles. The van der Waals surface area contributed by atoms with Crippen LogP contribution < -0.4 is 5.73 Å². The third kappa shape index (κ3) is 5.94. The van der Waals surface area contributed by atoms with Crippen LogP contribution in [-0.4, -0.2) is 47.4 Å². The van der Waals surface area contributed by atoms with Gasteiger partial charge < -0.3 is 10.6 Å². The molecule has 1 amide bonds. The molecule has 2 N–H and O–H groups in total. The van der Waals surface area contributed by atoms with Crippen molar-refractivity contribution in [2.24, 2.45) is 11.1 Å². The lowest BCUT2D eigenvalue weighted by atomic mass is 9.90. The standard InChI is InChI=1S/C19H30FN3O.ClH/c1-18(2,3)23(11-15-6-5-7-16(20)10-15)17(24)12-22-9-8-19(4,13-21)14-22;/h5-7,10H,8-9,11-14,21H2,1-4H3;1H. The van der Waals surface area contributed by atoms with Crippen molar-refractivity contribution >= 4 is 18.3 Å². The minimum atomic E-state index is -0.319. The van der Waals surface area contributed by atoms with Gasteiger partial charge >= 0.3 is 0 Å². The van der Waals surface area contributed by atoms with Gasteiger partial charge in [0.1, 0.15) is 5.82 Å². The Bertz CT molecular complexity index is 590. The van der Waals surface area contributed by atoms with Crippen molar-refractivity contribution in [2.75, 3.05) is 26.2 Å². The number of hydrogen-bond donors (Lipinski definition) is 1. The second-order valence-corrected chi connectivity index (χ2v) is 8.26. The van der Waals surface area contributed by atoms with Crippen LogP contribution in [0.1, 0.15) is 39.7 Å². The average molecular weight is 372 g/mol. The predicted molar refractivity (Wildman–Crippen MR) is 102 cm³/mol. The van der Waals surface area contributed by atoms with E-state index in [0.717, 1.165) is 25.1 Å². The normalized spacial score (nSPS) is 21.0. The summed E-state index contributed by atoms with van der Waals surface area (Å²) in [5.41, 5.74) is 6.45. The van der Waals surface area contributed by atoms with E-state index in [1.54, 1.807) is 6.07 Å². The molecule has 1 heterocycles. The fourth-order valence-electron chi connectivity index (χ4n) is 3.22. The van der Waals surface area contributed by atoms with E-state index in [4.69, 9.17) is 5.73 Å². The highest BCUT2D eigenvalue weighted by Crippen LogP contribution is 2.28. The summed E-state index contributed by atoms with van der Waals surface area (Å²) in [5, 5.41) is 0. The van der Waals surface area contributed by atoms with Crippen LogP contribution in [0.2, 0.25) is 0 Å². The third-order valence-electron chi connectivity index (χ3n) is 4.83. The fraction of sp³-hybridized carbons (Fsp3) is 0.632. The molecular formula is C19H31ClFN3O. The highest BCUT2D eigenvalue weighted by molar-refractivity contribution is 5.85. The van der Waals surface area contributed by atoms with E-state index in [1.807, 2.05) is 31.7 Å². The minimum Gasteiger partial charge on any atom is -0.332 e. The van der Waals surface area contributed by atoms with E-state index >= 15 is 0 Å². The lowest BCUT2D eigenvalue weighted by molar-refractivity contribution is -0.137. The van der Waals surface area contributed by atoms with Gasteiger partial charge in [-0.2, -0.15) is 0 Å². The van der Waals surface area contributed by atoms with Gasteiger partial charge in [-0.15, -0.1) is 12.4 Å². The summed E-state index contributed by atoms with van der Waals surface area (Å²) in [7, 11) is 0. The summed E-state index contributed by atoms with van der Waals surface area (Å²) >= 11 is 0. The molecular weight excluding hydrogens is 341 g/mol. The first-order valence-corrected chi connectivity index (χ1v) is 8.60. The van der Waals surface area contributed by atoms with Gasteiger partial charge in [0.15, 0.2) is 0 Å². The van der Waals surface area contributed by atoms with Gasteiger partial charge in [-0.05, 0) is 63.4 Å². The molecule has 1 atom stereocenters. The first-order chi connectivity index (χ1) is 11.1. The maximum absolute atomic E-state index is 13.4. The second-order valence-electron chi connectivity index (χ2n) is 8.26. The molecule has 1 unspecified atom stereocenters. The van der Waals surface area contributed by atoms with Gasteiger partial charge in [0.2, 0.25) is 5.91 Å². The van der Waals surface area contributed by atoms with Gasteiger partial charge in [-0.25, -0.2) is 4.39 Å². The largest absolute Gasteiger partial charge is 0.332 e. The zero-order valence-electron chi connectivity index (χ0n) is 15.7. The molecule has 0 radical (unpaired) electrons. The van der Waals surface area contributed by atoms with Crippen molar-refractivity contribution in [3.05, 3.63) is 35.6 Å². The molecule has 4 nitrogen and oxygen atoms in total. The summed E-state index contributed by atoms with van der Waals surface area (Å²) in [4.78, 5) is 16.9. The first-order valence-electron chi connectivity index (χ1n) is 8.60. The fourth-order valence-corrected chi connectivity index (χ4v) is 3.22. The van der Waals surface area contributed by atoms with E-state index in [1.165, 1.54) is 12.1 Å². The molecule has 0 aliphatic carbocycles. The molecule has 142 valence electrons. The predicted octanol–water partition coefficient (Wildman–Crippen LogP) is 3.05. The Morgan fingerprint density at radius 2 is 2.08 bits per heavy atom. The minimum absolute atomic E-state index is 0. The van der Waals surface area contributed by atoms with Gasteiger partial charge in [-0.1, -0.05) is 19.1 Å². The van der Waals surface area contributed by atoms with E-state index in [9.17, 15) is 9.18 Å². The molecule has 1 aromatic carbocycles. The van der Waals surface area contributed by atoms with Gasteiger partial charge in [0.05, 0.1) is 6.54 Å². The number of carbonyl (C=O) groups excluding carboxylic acids is 1. The number of rotatable bonds is 5. The third-order valence-corrected chi connectivity index (χ3v) is 4.83. The number of nitrogens with zero attached hydrogens (tertiary/aromatic N) is 2. The molecule has 1 fully saturated rings. The highest BCUT2D eigenvalue weighted by atomic mass is 35.5. The van der Waals surface area contributed by atoms with Crippen molar-refractivity contribution < 1.29 is 9.18 Å². The number of carbonyl (C=O) groups is 1. The van der Waals surface area contributed by atoms with Gasteiger partial charge in [0, 0.05) is 18.6 Å². The number of likely N-dealkylation sites (tertiary alicyclic amines) is 1. The van der Waals surface area contributed by atoms with Crippen LogP contribution in [0.15, 0.2) is 24.3 Å². The molecule has 25 heavy (non-hydrogen) atoms. The summed E-state index contributed by atoms with van der Waals surface area (Å²) < 4.78 is 13.4. The molecule has 0 spiro atoms. The Labute approximate surface area is 157 Å². The van der Waals surface area contributed by atoms with E-state index < -0.39 is 0 Å². The molecule has 1 aliphatic rings. The smallest absolute Gasteiger partial charge is 0.237 e. The average Bonchev–Trinajstić information content (AvgIpc) is 2.85. The van der Waals surface area contributed by atoms with Crippen molar-refractivity contribution in [3.8, 4) is 0 Å². The second kappa shape index (κ2) is 8.47. The number of nitrogens with two attached hydrogens (primary N) is 1. The van der Waals surface area contributed by atoms with Crippen LogP contribution >= 0.6 is 12.4 Å². The van der Waals surface area contributed by atoms with Crippen molar-refractivity contribution in [2.45, 2.75) is 46.2 Å². The number of amides is 1. The van der Waals surface area contributed by atoms with Crippen molar-refractivity contribution in [1.29, 1.82) is 0 Å². The maximum Gasteiger partial charge on any atom is 0.237 e. The van der Waals surface area contributed by atoms with Gasteiger partial charge in [-0.3, -0.25) is 9.69 Å². The van der Waals surface area contributed by atoms with Crippen LogP contribution in [0.4, 0.5) is 4.39 Å². The molecule has 6 heteroatoms. The quantitative estimate of drug-likeness (QED) is 0.865. The number of halogens is 2. The van der Waals surface area contributed by atoms with E-state index in [-0.39, 0.29) is 35.1 Å². The summed E-state index contributed by atoms with van der Waals surface area (Å²) in [6, 6.07) is 6.46. The molecule has 1 aliphatic heterocycles. The lowest BCUT2D eigenvalue weighted by Gasteiger charge is -2.37. The monoisotopic (exact) mass is 371 g/mol. The summed E-state index contributed by atoms with van der Waals surface area (Å²) in [6.45, 7) is 11.4. The summed E-state index contributed by atoms with van der Waals surface area (Å²) in [6.07, 6.45) is 1.02. The number of benzene rings is 1. The number of hydrogen-bond acceptors (Lipinski definition) is 3. The molecule has 0 bridgehead atoms. The Morgan fingerprint density at radius 3 is 2.60 bits per heavy atom. The first kappa shape index (κ1) is 21.9. The Hall–Kier alpha value is -1.17. The highest BCUT2D eigenvalue weighted by Gasteiger charge is 2.35. The van der Waals surface area contributed by atoms with E-state index in [0.29, 0.717) is 19.6 Å². The molecule has 0 aromatic heterocycles. The van der Waals surface area contributed by atoms with Crippen LogP contribution in [-0.2, 0) is 11.3 Å². The zero-order chi connectivity index (χ0) is 18.0. The Balaban J connectivity index is 0.00000312. The van der Waals surface area contributed by atoms with Crippen molar-refractivity contribution in [1.82, 2.24) is 9.80 Å². The topological polar surface area (TPSA) is 49.6 Å². The SMILES string of the molecule is CC1(CN)CCN(CC(=O)N(Cc2cccc(F)c2)C(C)(C)C)C1.Cl. The molecule has 0 saturated carbocycles. The molecule has 2 rings (SSSR count). The summed E-state index contributed by atoms with van der Waals surface area (Å²) in [5.74, 6) is -0.194. The zero-order valence-corrected chi connectivity index (χ0v) is 16.5. The van der Waals surface area contributed by atoms with Crippen LogP contribution in [0.3, 0.4) is 0 Å². The Kier molecular flexibility index (Phi) is 7.41. The maximum atomic E-state index is 13.4. The lowest BCUT2D eigenvalue weighted by Crippen LogP contribution is -2.49. The van der Waals surface area contributed by atoms with Crippen LogP contribution in [0.25, 0.3) is 0 Å².